The first-order chi connectivity index (χ1) is 14.5. The van der Waals surface area contributed by atoms with Crippen LogP contribution in [0.1, 0.15) is 21.5 Å². The molecule has 0 spiro atoms. The number of nitro groups is 1. The lowest BCUT2D eigenvalue weighted by molar-refractivity contribution is -0.385. The number of pyridine rings is 1. The maximum atomic E-state index is 12.4. The molecule has 1 amide bonds. The topological polar surface area (TPSA) is 106 Å². The number of aromatic nitrogens is 1. The van der Waals surface area contributed by atoms with Gasteiger partial charge in [-0.05, 0) is 66.2 Å². The smallest absolute Gasteiger partial charge is 0.311 e. The monoisotopic (exact) mass is 422 g/mol. The molecule has 0 fully saturated rings. The zero-order chi connectivity index (χ0) is 21.5. The van der Waals surface area contributed by atoms with Gasteiger partial charge in [0.05, 0.1) is 12.0 Å². The van der Waals surface area contributed by atoms with E-state index in [-0.39, 0.29) is 22.1 Å². The molecular weight excluding hydrogens is 404 g/mol. The van der Waals surface area contributed by atoms with Crippen molar-refractivity contribution in [2.75, 3.05) is 12.4 Å². The molecule has 30 heavy (non-hydrogen) atoms. The summed E-state index contributed by atoms with van der Waals surface area (Å²) in [5.74, 6) is -0.489. The van der Waals surface area contributed by atoms with E-state index >= 15 is 0 Å². The van der Waals surface area contributed by atoms with Crippen molar-refractivity contribution in [2.45, 2.75) is 6.42 Å². The minimum Gasteiger partial charge on any atom is -0.490 e. The van der Waals surface area contributed by atoms with E-state index in [9.17, 15) is 14.9 Å². The highest BCUT2D eigenvalue weighted by Gasteiger charge is 2.18. The van der Waals surface area contributed by atoms with E-state index in [0.717, 1.165) is 23.6 Å². The molecule has 1 aromatic heterocycles. The Balaban J connectivity index is 1.60. The third kappa shape index (κ3) is 5.36. The van der Waals surface area contributed by atoms with Gasteiger partial charge in [-0.3, -0.25) is 25.2 Å². The van der Waals surface area contributed by atoms with Crippen LogP contribution in [0.25, 0.3) is 0 Å². The van der Waals surface area contributed by atoms with Crippen molar-refractivity contribution in [2.24, 2.45) is 0 Å². The number of amides is 1. The average molecular weight is 422 g/mol. The van der Waals surface area contributed by atoms with Crippen LogP contribution in [-0.2, 0) is 6.42 Å². The maximum Gasteiger partial charge on any atom is 0.311 e. The van der Waals surface area contributed by atoms with Crippen LogP contribution in [-0.4, -0.2) is 28.0 Å². The summed E-state index contributed by atoms with van der Waals surface area (Å²) in [6.07, 6.45) is 4.29. The summed E-state index contributed by atoms with van der Waals surface area (Å²) in [7, 11) is 1.32. The number of hydrogen-bond acceptors (Lipinski definition) is 6. The van der Waals surface area contributed by atoms with Crippen molar-refractivity contribution in [3.63, 3.8) is 0 Å². The van der Waals surface area contributed by atoms with E-state index in [1.807, 2.05) is 36.4 Å². The number of thiocarbonyl (C=S) groups is 1. The summed E-state index contributed by atoms with van der Waals surface area (Å²) in [6.45, 7) is 0. The predicted octanol–water partition coefficient (Wildman–Crippen LogP) is 3.72. The van der Waals surface area contributed by atoms with Gasteiger partial charge in [0.15, 0.2) is 10.9 Å². The first-order valence-electron chi connectivity index (χ1n) is 8.89. The van der Waals surface area contributed by atoms with E-state index < -0.39 is 10.8 Å². The van der Waals surface area contributed by atoms with E-state index in [1.165, 1.54) is 19.2 Å². The van der Waals surface area contributed by atoms with Crippen LogP contribution >= 0.6 is 12.2 Å². The number of rotatable bonds is 6. The highest BCUT2D eigenvalue weighted by molar-refractivity contribution is 7.80. The Morgan fingerprint density at radius 3 is 2.40 bits per heavy atom. The lowest BCUT2D eigenvalue weighted by atomic mass is 10.1. The molecule has 0 bridgehead atoms. The van der Waals surface area contributed by atoms with Crippen molar-refractivity contribution < 1.29 is 14.5 Å². The number of nitro benzene ring substituents is 1. The summed E-state index contributed by atoms with van der Waals surface area (Å²) in [5.41, 5.74) is 2.78. The van der Waals surface area contributed by atoms with Gasteiger partial charge < -0.3 is 10.1 Å². The summed E-state index contributed by atoms with van der Waals surface area (Å²) >= 11 is 5.17. The molecule has 3 rings (SSSR count). The first kappa shape index (κ1) is 20.9. The SMILES string of the molecule is COc1ccc(C(=O)NC(=S)Nc2ccc(Cc3ccncc3)cc2)cc1[N+](=O)[O-]. The van der Waals surface area contributed by atoms with Crippen molar-refractivity contribution in [3.05, 3.63) is 93.8 Å². The predicted molar refractivity (Wildman–Crippen MR) is 117 cm³/mol. The Morgan fingerprint density at radius 1 is 1.10 bits per heavy atom. The second-order valence-electron chi connectivity index (χ2n) is 6.28. The standard InChI is InChI=1S/C21H18N4O4S/c1-29-19-7-4-16(13-18(19)25(27)28)20(26)24-21(30)23-17-5-2-14(3-6-17)12-15-8-10-22-11-9-15/h2-11,13H,12H2,1H3,(H2,23,24,26,30). The van der Waals surface area contributed by atoms with E-state index in [1.54, 1.807) is 12.4 Å². The molecule has 0 aliphatic heterocycles. The fraction of sp³-hybridized carbons (Fsp3) is 0.0952. The molecule has 3 aromatic rings. The van der Waals surface area contributed by atoms with Crippen molar-refractivity contribution in [1.82, 2.24) is 10.3 Å². The van der Waals surface area contributed by atoms with Gasteiger partial charge >= 0.3 is 5.69 Å². The molecule has 2 aromatic carbocycles. The van der Waals surface area contributed by atoms with Crippen LogP contribution in [0, 0.1) is 10.1 Å². The van der Waals surface area contributed by atoms with Crippen molar-refractivity contribution in [3.8, 4) is 5.75 Å². The minimum absolute atomic E-state index is 0.0732. The van der Waals surface area contributed by atoms with Crippen LogP contribution in [0.3, 0.4) is 0 Å². The number of hydrogen-bond donors (Lipinski definition) is 2. The Bertz CT molecular complexity index is 1070. The van der Waals surface area contributed by atoms with Crippen LogP contribution in [0.2, 0.25) is 0 Å². The Kier molecular flexibility index (Phi) is 6.66. The summed E-state index contributed by atoms with van der Waals surface area (Å²) in [5, 5.41) is 16.6. The van der Waals surface area contributed by atoms with Gasteiger partial charge in [-0.25, -0.2) is 0 Å². The van der Waals surface area contributed by atoms with Gasteiger partial charge in [0, 0.05) is 29.7 Å². The van der Waals surface area contributed by atoms with Gasteiger partial charge in [0.1, 0.15) is 0 Å². The third-order valence-electron chi connectivity index (χ3n) is 4.23. The molecule has 1 heterocycles. The summed E-state index contributed by atoms with van der Waals surface area (Å²) in [4.78, 5) is 26.9. The zero-order valence-electron chi connectivity index (χ0n) is 16.0. The highest BCUT2D eigenvalue weighted by atomic mass is 32.1. The lowest BCUT2D eigenvalue weighted by Crippen LogP contribution is -2.34. The number of anilines is 1. The lowest BCUT2D eigenvalue weighted by Gasteiger charge is -2.11. The molecule has 0 atom stereocenters. The molecule has 8 nitrogen and oxygen atoms in total. The van der Waals surface area contributed by atoms with Crippen molar-refractivity contribution >= 4 is 34.6 Å². The minimum atomic E-state index is -0.611. The summed E-state index contributed by atoms with van der Waals surface area (Å²) in [6, 6.07) is 15.5. The average Bonchev–Trinajstić information content (AvgIpc) is 2.75. The third-order valence-corrected chi connectivity index (χ3v) is 4.44. The number of carbonyl (C=O) groups excluding carboxylic acids is 1. The van der Waals surface area contributed by atoms with Crippen LogP contribution < -0.4 is 15.4 Å². The molecule has 2 N–H and O–H groups in total. The molecule has 0 saturated carbocycles. The Morgan fingerprint density at radius 2 is 1.77 bits per heavy atom. The Hall–Kier alpha value is -3.85. The van der Waals surface area contributed by atoms with Crippen LogP contribution in [0.5, 0.6) is 5.75 Å². The number of methoxy groups -OCH3 is 1. The van der Waals surface area contributed by atoms with E-state index in [2.05, 4.69) is 15.6 Å². The summed E-state index contributed by atoms with van der Waals surface area (Å²) < 4.78 is 4.93. The molecule has 0 unspecified atom stereocenters. The number of nitrogens with zero attached hydrogens (tertiary/aromatic N) is 2. The van der Waals surface area contributed by atoms with Crippen LogP contribution in [0.4, 0.5) is 11.4 Å². The molecular formula is C21H18N4O4S. The fourth-order valence-electron chi connectivity index (χ4n) is 2.75. The second-order valence-corrected chi connectivity index (χ2v) is 6.69. The molecule has 152 valence electrons. The van der Waals surface area contributed by atoms with Gasteiger partial charge in [-0.2, -0.15) is 0 Å². The van der Waals surface area contributed by atoms with Gasteiger partial charge in [-0.1, -0.05) is 12.1 Å². The quantitative estimate of drug-likeness (QED) is 0.354. The number of carbonyl (C=O) groups is 1. The number of benzene rings is 2. The molecule has 0 aliphatic carbocycles. The largest absolute Gasteiger partial charge is 0.490 e. The van der Waals surface area contributed by atoms with E-state index in [4.69, 9.17) is 17.0 Å². The van der Waals surface area contributed by atoms with Crippen LogP contribution in [0.15, 0.2) is 67.0 Å². The van der Waals surface area contributed by atoms with Gasteiger partial charge in [0.25, 0.3) is 5.91 Å². The second kappa shape index (κ2) is 9.57. The zero-order valence-corrected chi connectivity index (χ0v) is 16.8. The van der Waals surface area contributed by atoms with Gasteiger partial charge in [-0.15, -0.1) is 0 Å². The fourth-order valence-corrected chi connectivity index (χ4v) is 2.96. The highest BCUT2D eigenvalue weighted by Crippen LogP contribution is 2.27. The van der Waals surface area contributed by atoms with Crippen molar-refractivity contribution in [1.29, 1.82) is 0 Å². The number of ether oxygens (including phenoxy) is 1. The Labute approximate surface area is 178 Å². The first-order valence-corrected chi connectivity index (χ1v) is 9.29. The molecule has 9 heteroatoms. The number of nitrogens with one attached hydrogen (secondary N) is 2. The van der Waals surface area contributed by atoms with Gasteiger partial charge in [0.2, 0.25) is 0 Å². The maximum absolute atomic E-state index is 12.4. The molecule has 0 radical (unpaired) electrons. The molecule has 0 aliphatic rings. The van der Waals surface area contributed by atoms with E-state index in [0.29, 0.717) is 5.69 Å². The normalized spacial score (nSPS) is 10.2. The molecule has 0 saturated heterocycles.